The van der Waals surface area contributed by atoms with E-state index in [0.29, 0.717) is 17.9 Å². The summed E-state index contributed by atoms with van der Waals surface area (Å²) >= 11 is 0. The highest BCUT2D eigenvalue weighted by molar-refractivity contribution is 5.42. The smallest absolute Gasteiger partial charge is 0.170 e. The zero-order valence-corrected chi connectivity index (χ0v) is 10.7. The standard InChI is InChI=1S/C13H20FN3O/c1-17(9-11-4-2-3-7-18-11)13-12(14)10(8-15)5-6-16-13/h5-6,11H,2-4,7-9,15H2,1H3. The molecule has 2 heterocycles. The van der Waals surface area contributed by atoms with E-state index in [1.165, 1.54) is 6.42 Å². The van der Waals surface area contributed by atoms with Crippen LogP contribution in [0.4, 0.5) is 10.2 Å². The molecule has 1 saturated heterocycles. The highest BCUT2D eigenvalue weighted by Crippen LogP contribution is 2.20. The van der Waals surface area contributed by atoms with Gasteiger partial charge in [-0.15, -0.1) is 0 Å². The Balaban J connectivity index is 2.05. The highest BCUT2D eigenvalue weighted by Gasteiger charge is 2.19. The maximum absolute atomic E-state index is 14.1. The van der Waals surface area contributed by atoms with Gasteiger partial charge in [0, 0.05) is 38.5 Å². The number of nitrogens with two attached hydrogens (primary N) is 1. The molecular formula is C13H20FN3O. The Morgan fingerprint density at radius 3 is 3.06 bits per heavy atom. The molecule has 1 atom stereocenters. The lowest BCUT2D eigenvalue weighted by atomic mass is 10.1. The number of nitrogens with zero attached hydrogens (tertiary/aromatic N) is 2. The fraction of sp³-hybridized carbons (Fsp3) is 0.615. The van der Waals surface area contributed by atoms with Gasteiger partial charge in [-0.1, -0.05) is 0 Å². The second kappa shape index (κ2) is 6.11. The van der Waals surface area contributed by atoms with E-state index in [4.69, 9.17) is 10.5 Å². The molecule has 5 heteroatoms. The minimum absolute atomic E-state index is 0.173. The van der Waals surface area contributed by atoms with Gasteiger partial charge in [-0.25, -0.2) is 9.37 Å². The second-order valence-electron chi connectivity index (χ2n) is 4.68. The summed E-state index contributed by atoms with van der Waals surface area (Å²) in [7, 11) is 1.84. The number of aromatic nitrogens is 1. The topological polar surface area (TPSA) is 51.4 Å². The van der Waals surface area contributed by atoms with E-state index >= 15 is 0 Å². The lowest BCUT2D eigenvalue weighted by molar-refractivity contribution is 0.0214. The van der Waals surface area contributed by atoms with E-state index in [1.807, 2.05) is 11.9 Å². The molecule has 2 N–H and O–H groups in total. The summed E-state index contributed by atoms with van der Waals surface area (Å²) in [5.41, 5.74) is 5.99. The molecule has 0 saturated carbocycles. The van der Waals surface area contributed by atoms with Crippen molar-refractivity contribution in [1.82, 2.24) is 4.98 Å². The van der Waals surface area contributed by atoms with Crippen LogP contribution in [0, 0.1) is 5.82 Å². The molecule has 0 aliphatic carbocycles. The molecule has 1 unspecified atom stereocenters. The summed E-state index contributed by atoms with van der Waals surface area (Å²) in [6, 6.07) is 1.61. The fourth-order valence-corrected chi connectivity index (χ4v) is 2.24. The van der Waals surface area contributed by atoms with Crippen LogP contribution in [0.25, 0.3) is 0 Å². The number of pyridine rings is 1. The molecule has 0 radical (unpaired) electrons. The van der Waals surface area contributed by atoms with Crippen molar-refractivity contribution in [2.24, 2.45) is 5.73 Å². The first kappa shape index (κ1) is 13.2. The number of halogens is 1. The van der Waals surface area contributed by atoms with Gasteiger partial charge in [-0.05, 0) is 25.3 Å². The van der Waals surface area contributed by atoms with Crippen molar-refractivity contribution in [2.75, 3.05) is 25.1 Å². The molecule has 0 spiro atoms. The minimum atomic E-state index is -0.321. The molecule has 1 aliphatic rings. The third-order valence-corrected chi connectivity index (χ3v) is 3.28. The average molecular weight is 253 g/mol. The first-order chi connectivity index (χ1) is 8.72. The maximum atomic E-state index is 14.1. The summed E-state index contributed by atoms with van der Waals surface area (Å²) in [6.07, 6.45) is 5.10. The van der Waals surface area contributed by atoms with E-state index in [2.05, 4.69) is 4.98 Å². The molecule has 0 bridgehead atoms. The van der Waals surface area contributed by atoms with Gasteiger partial charge in [-0.3, -0.25) is 0 Å². The Kier molecular flexibility index (Phi) is 4.49. The zero-order valence-electron chi connectivity index (χ0n) is 10.7. The van der Waals surface area contributed by atoms with Gasteiger partial charge in [-0.2, -0.15) is 0 Å². The third-order valence-electron chi connectivity index (χ3n) is 3.28. The van der Waals surface area contributed by atoms with Crippen LogP contribution in [0.2, 0.25) is 0 Å². The van der Waals surface area contributed by atoms with Crippen molar-refractivity contribution in [1.29, 1.82) is 0 Å². The van der Waals surface area contributed by atoms with Crippen LogP contribution < -0.4 is 10.6 Å². The van der Waals surface area contributed by atoms with Crippen LogP contribution in [0.5, 0.6) is 0 Å². The van der Waals surface area contributed by atoms with Crippen molar-refractivity contribution in [3.63, 3.8) is 0 Å². The number of hydrogen-bond donors (Lipinski definition) is 1. The summed E-state index contributed by atoms with van der Waals surface area (Å²) in [5.74, 6) is 0.0328. The van der Waals surface area contributed by atoms with Gasteiger partial charge in [0.1, 0.15) is 0 Å². The number of rotatable bonds is 4. The summed E-state index contributed by atoms with van der Waals surface area (Å²) in [5, 5.41) is 0. The largest absolute Gasteiger partial charge is 0.376 e. The molecule has 4 nitrogen and oxygen atoms in total. The Bertz CT molecular complexity index is 394. The van der Waals surface area contributed by atoms with Crippen molar-refractivity contribution in [3.8, 4) is 0 Å². The molecule has 2 rings (SSSR count). The normalized spacial score (nSPS) is 19.8. The van der Waals surface area contributed by atoms with E-state index in [-0.39, 0.29) is 18.5 Å². The Labute approximate surface area is 107 Å². The Hall–Kier alpha value is -1.20. The molecular weight excluding hydrogens is 233 g/mol. The van der Waals surface area contributed by atoms with Crippen LogP contribution in [-0.2, 0) is 11.3 Å². The van der Waals surface area contributed by atoms with Gasteiger partial charge in [0.05, 0.1) is 6.10 Å². The monoisotopic (exact) mass is 253 g/mol. The summed E-state index contributed by atoms with van der Waals surface area (Å²) < 4.78 is 19.7. The van der Waals surface area contributed by atoms with E-state index in [9.17, 15) is 4.39 Å². The van der Waals surface area contributed by atoms with E-state index in [0.717, 1.165) is 19.4 Å². The number of hydrogen-bond acceptors (Lipinski definition) is 4. The fourth-order valence-electron chi connectivity index (χ4n) is 2.24. The zero-order chi connectivity index (χ0) is 13.0. The number of likely N-dealkylation sites (N-methyl/N-ethyl adjacent to an activating group) is 1. The van der Waals surface area contributed by atoms with Crippen LogP contribution in [0.15, 0.2) is 12.3 Å². The summed E-state index contributed by atoms with van der Waals surface area (Å²) in [6.45, 7) is 1.66. The van der Waals surface area contributed by atoms with E-state index in [1.54, 1.807) is 12.3 Å². The number of ether oxygens (including phenoxy) is 1. The lowest BCUT2D eigenvalue weighted by Gasteiger charge is -2.28. The lowest BCUT2D eigenvalue weighted by Crippen LogP contribution is -2.34. The number of anilines is 1. The second-order valence-corrected chi connectivity index (χ2v) is 4.68. The van der Waals surface area contributed by atoms with Crippen LogP contribution in [0.3, 0.4) is 0 Å². The van der Waals surface area contributed by atoms with Gasteiger partial charge >= 0.3 is 0 Å². The van der Waals surface area contributed by atoms with Crippen molar-refractivity contribution >= 4 is 5.82 Å². The van der Waals surface area contributed by atoms with Crippen molar-refractivity contribution < 1.29 is 9.13 Å². The predicted molar refractivity (Wildman–Crippen MR) is 68.9 cm³/mol. The first-order valence-corrected chi connectivity index (χ1v) is 6.38. The molecule has 1 aromatic heterocycles. The quantitative estimate of drug-likeness (QED) is 0.887. The summed E-state index contributed by atoms with van der Waals surface area (Å²) in [4.78, 5) is 5.90. The maximum Gasteiger partial charge on any atom is 0.170 e. The molecule has 1 fully saturated rings. The molecule has 18 heavy (non-hydrogen) atoms. The van der Waals surface area contributed by atoms with Crippen LogP contribution >= 0.6 is 0 Å². The third kappa shape index (κ3) is 2.97. The molecule has 1 aliphatic heterocycles. The van der Waals surface area contributed by atoms with Crippen molar-refractivity contribution in [2.45, 2.75) is 31.9 Å². The van der Waals surface area contributed by atoms with Crippen molar-refractivity contribution in [3.05, 3.63) is 23.6 Å². The Morgan fingerprint density at radius 2 is 2.39 bits per heavy atom. The molecule has 1 aromatic rings. The van der Waals surface area contributed by atoms with Crippen LogP contribution in [-0.4, -0.2) is 31.3 Å². The molecule has 0 amide bonds. The van der Waals surface area contributed by atoms with Gasteiger partial charge in [0.2, 0.25) is 0 Å². The van der Waals surface area contributed by atoms with Gasteiger partial charge in [0.15, 0.2) is 11.6 Å². The average Bonchev–Trinajstić information content (AvgIpc) is 2.40. The van der Waals surface area contributed by atoms with Crippen LogP contribution in [0.1, 0.15) is 24.8 Å². The minimum Gasteiger partial charge on any atom is -0.376 e. The molecule has 100 valence electrons. The molecule has 0 aromatic carbocycles. The first-order valence-electron chi connectivity index (χ1n) is 6.38. The van der Waals surface area contributed by atoms with Gasteiger partial charge in [0.25, 0.3) is 0 Å². The predicted octanol–water partition coefficient (Wildman–Crippen LogP) is 1.68. The van der Waals surface area contributed by atoms with Gasteiger partial charge < -0.3 is 15.4 Å². The SMILES string of the molecule is CN(CC1CCCCO1)c1nccc(CN)c1F. The highest BCUT2D eigenvalue weighted by atomic mass is 19.1. The Morgan fingerprint density at radius 1 is 1.56 bits per heavy atom. The van der Waals surface area contributed by atoms with E-state index < -0.39 is 0 Å².